The van der Waals surface area contributed by atoms with E-state index in [0.29, 0.717) is 6.04 Å². The summed E-state index contributed by atoms with van der Waals surface area (Å²) in [6, 6.07) is 0.487. The fourth-order valence-corrected chi connectivity index (χ4v) is 2.47. The van der Waals surface area contributed by atoms with Crippen LogP contribution in [0.15, 0.2) is 12.7 Å². The van der Waals surface area contributed by atoms with Gasteiger partial charge in [0.05, 0.1) is 0 Å². The van der Waals surface area contributed by atoms with Gasteiger partial charge in [0.25, 0.3) is 0 Å². The molecule has 0 amide bonds. The smallest absolute Gasteiger partial charge is 0.00671 e. The maximum absolute atomic E-state index is 6.17. The molecule has 0 aliphatic heterocycles. The Morgan fingerprint density at radius 2 is 1.93 bits per heavy atom. The second-order valence-corrected chi connectivity index (χ2v) is 4.64. The minimum atomic E-state index is 0.487. The third-order valence-electron chi connectivity index (χ3n) is 3.45. The summed E-state index contributed by atoms with van der Waals surface area (Å²) in [5, 5.41) is 0. The van der Waals surface area contributed by atoms with E-state index < -0.39 is 0 Å². The van der Waals surface area contributed by atoms with Gasteiger partial charge in [-0.1, -0.05) is 31.8 Å². The molecule has 2 N–H and O–H groups in total. The number of nitrogens with two attached hydrogens (primary N) is 1. The van der Waals surface area contributed by atoms with Crippen LogP contribution >= 0.6 is 0 Å². The Labute approximate surface area is 88.8 Å². The lowest BCUT2D eigenvalue weighted by molar-refractivity contribution is 0.396. The molecule has 14 heavy (non-hydrogen) atoms. The molecule has 0 aromatic carbocycles. The highest BCUT2D eigenvalue weighted by Crippen LogP contribution is 2.28. The largest absolute Gasteiger partial charge is 0.327 e. The van der Waals surface area contributed by atoms with Crippen molar-refractivity contribution in [2.75, 3.05) is 0 Å². The number of hydrogen-bond donors (Lipinski definition) is 1. The summed E-state index contributed by atoms with van der Waals surface area (Å²) >= 11 is 0. The lowest BCUT2D eigenvalue weighted by Crippen LogP contribution is -2.28. The molecule has 0 spiro atoms. The summed E-state index contributed by atoms with van der Waals surface area (Å²) in [5.74, 6) is 0.842. The zero-order valence-corrected chi connectivity index (χ0v) is 9.38. The molecular weight excluding hydrogens is 170 g/mol. The molecule has 0 radical (unpaired) electrons. The first-order chi connectivity index (χ1) is 6.84. The fraction of sp³-hybridized carbons (Fsp3) is 0.846. The van der Waals surface area contributed by atoms with E-state index in [1.807, 2.05) is 6.08 Å². The Hall–Kier alpha value is -0.300. The van der Waals surface area contributed by atoms with E-state index in [9.17, 15) is 0 Å². The number of unbranched alkanes of at least 4 members (excludes halogenated alkanes) is 3. The van der Waals surface area contributed by atoms with Gasteiger partial charge in [-0.15, -0.1) is 6.58 Å². The SMILES string of the molecule is C=CCCCCCC(N)C1CCCC1. The van der Waals surface area contributed by atoms with Crippen molar-refractivity contribution in [3.63, 3.8) is 0 Å². The van der Waals surface area contributed by atoms with E-state index in [0.717, 1.165) is 5.92 Å². The van der Waals surface area contributed by atoms with Gasteiger partial charge < -0.3 is 5.73 Å². The lowest BCUT2D eigenvalue weighted by atomic mass is 9.94. The van der Waals surface area contributed by atoms with Gasteiger partial charge >= 0.3 is 0 Å². The molecule has 1 nitrogen and oxygen atoms in total. The highest BCUT2D eigenvalue weighted by molar-refractivity contribution is 4.77. The van der Waals surface area contributed by atoms with E-state index in [2.05, 4.69) is 6.58 Å². The third kappa shape index (κ3) is 4.28. The minimum absolute atomic E-state index is 0.487. The van der Waals surface area contributed by atoms with Crippen LogP contribution in [0.25, 0.3) is 0 Å². The average molecular weight is 195 g/mol. The lowest BCUT2D eigenvalue weighted by Gasteiger charge is -2.18. The maximum atomic E-state index is 6.17. The summed E-state index contributed by atoms with van der Waals surface area (Å²) < 4.78 is 0. The molecule has 1 aliphatic carbocycles. The molecule has 0 aromatic rings. The normalized spacial score (nSPS) is 19.8. The molecule has 1 saturated carbocycles. The van der Waals surface area contributed by atoms with Gasteiger partial charge in [-0.2, -0.15) is 0 Å². The molecule has 0 aromatic heterocycles. The van der Waals surface area contributed by atoms with Crippen molar-refractivity contribution in [2.24, 2.45) is 11.7 Å². The van der Waals surface area contributed by atoms with E-state index in [4.69, 9.17) is 5.73 Å². The van der Waals surface area contributed by atoms with Crippen molar-refractivity contribution in [1.82, 2.24) is 0 Å². The topological polar surface area (TPSA) is 26.0 Å². The van der Waals surface area contributed by atoms with Crippen LogP contribution in [0.3, 0.4) is 0 Å². The van der Waals surface area contributed by atoms with Crippen LogP contribution in [0.2, 0.25) is 0 Å². The summed E-state index contributed by atoms with van der Waals surface area (Å²) in [6.45, 7) is 3.73. The van der Waals surface area contributed by atoms with Crippen molar-refractivity contribution in [1.29, 1.82) is 0 Å². The Morgan fingerprint density at radius 3 is 2.57 bits per heavy atom. The molecular formula is C13H25N. The van der Waals surface area contributed by atoms with E-state index in [1.165, 1.54) is 57.8 Å². The van der Waals surface area contributed by atoms with Crippen molar-refractivity contribution in [2.45, 2.75) is 63.8 Å². The first-order valence-electron chi connectivity index (χ1n) is 6.21. The Balaban J connectivity index is 1.96. The average Bonchev–Trinajstić information content (AvgIpc) is 2.70. The summed E-state index contributed by atoms with van der Waals surface area (Å²) in [6.07, 6.45) is 13.9. The molecule has 1 atom stereocenters. The number of hydrogen-bond acceptors (Lipinski definition) is 1. The van der Waals surface area contributed by atoms with Gasteiger partial charge in [-0.05, 0) is 38.0 Å². The summed E-state index contributed by atoms with van der Waals surface area (Å²) in [7, 11) is 0. The molecule has 1 unspecified atom stereocenters. The molecule has 1 rings (SSSR count). The van der Waals surface area contributed by atoms with Crippen LogP contribution in [-0.2, 0) is 0 Å². The van der Waals surface area contributed by atoms with Gasteiger partial charge in [0.2, 0.25) is 0 Å². The molecule has 0 heterocycles. The van der Waals surface area contributed by atoms with Gasteiger partial charge in [-0.25, -0.2) is 0 Å². The van der Waals surface area contributed by atoms with Crippen molar-refractivity contribution in [3.05, 3.63) is 12.7 Å². The fourth-order valence-electron chi connectivity index (χ4n) is 2.47. The van der Waals surface area contributed by atoms with E-state index in [-0.39, 0.29) is 0 Å². The highest BCUT2D eigenvalue weighted by atomic mass is 14.6. The second-order valence-electron chi connectivity index (χ2n) is 4.64. The van der Waals surface area contributed by atoms with Crippen molar-refractivity contribution in [3.8, 4) is 0 Å². The van der Waals surface area contributed by atoms with Crippen molar-refractivity contribution >= 4 is 0 Å². The molecule has 1 heteroatoms. The van der Waals surface area contributed by atoms with E-state index in [1.54, 1.807) is 0 Å². The zero-order valence-electron chi connectivity index (χ0n) is 9.38. The van der Waals surface area contributed by atoms with Crippen LogP contribution in [0, 0.1) is 5.92 Å². The van der Waals surface area contributed by atoms with Gasteiger partial charge in [-0.3, -0.25) is 0 Å². The second kappa shape index (κ2) is 7.05. The van der Waals surface area contributed by atoms with Gasteiger partial charge in [0.1, 0.15) is 0 Å². The number of rotatable bonds is 7. The first-order valence-corrected chi connectivity index (χ1v) is 6.21. The molecule has 82 valence electrons. The van der Waals surface area contributed by atoms with Gasteiger partial charge in [0, 0.05) is 6.04 Å². The first kappa shape index (κ1) is 11.8. The van der Waals surface area contributed by atoms with Crippen LogP contribution in [0.1, 0.15) is 57.8 Å². The van der Waals surface area contributed by atoms with Crippen LogP contribution in [0.4, 0.5) is 0 Å². The summed E-state index contributed by atoms with van der Waals surface area (Å²) in [4.78, 5) is 0. The van der Waals surface area contributed by atoms with Crippen LogP contribution < -0.4 is 5.73 Å². The Kier molecular flexibility index (Phi) is 5.93. The minimum Gasteiger partial charge on any atom is -0.327 e. The van der Waals surface area contributed by atoms with E-state index >= 15 is 0 Å². The van der Waals surface area contributed by atoms with Crippen molar-refractivity contribution < 1.29 is 0 Å². The molecule has 1 fully saturated rings. The zero-order chi connectivity index (χ0) is 10.2. The Bertz CT molecular complexity index is 147. The maximum Gasteiger partial charge on any atom is 0.00671 e. The van der Waals surface area contributed by atoms with Crippen LogP contribution in [0.5, 0.6) is 0 Å². The van der Waals surface area contributed by atoms with Gasteiger partial charge in [0.15, 0.2) is 0 Å². The van der Waals surface area contributed by atoms with Crippen LogP contribution in [-0.4, -0.2) is 6.04 Å². The quantitative estimate of drug-likeness (QED) is 0.487. The Morgan fingerprint density at radius 1 is 1.21 bits per heavy atom. The number of allylic oxidation sites excluding steroid dienone is 1. The summed E-state index contributed by atoms with van der Waals surface area (Å²) in [5.41, 5.74) is 6.17. The standard InChI is InChI=1S/C13H25N/c1-2-3-4-5-6-11-13(14)12-9-7-8-10-12/h2,12-13H,1,3-11,14H2. The predicted octanol–water partition coefficient (Wildman–Crippen LogP) is 3.64. The predicted molar refractivity (Wildman–Crippen MR) is 63.2 cm³/mol. The monoisotopic (exact) mass is 195 g/mol. The third-order valence-corrected chi connectivity index (χ3v) is 3.45. The molecule has 0 bridgehead atoms. The highest BCUT2D eigenvalue weighted by Gasteiger charge is 2.21. The molecule has 0 saturated heterocycles. The molecule has 1 aliphatic rings.